The first-order chi connectivity index (χ1) is 7.76. The smallest absolute Gasteiger partial charge is 0.282 e. The van der Waals surface area contributed by atoms with E-state index in [-0.39, 0.29) is 4.99 Å². The monoisotopic (exact) mass is 279 g/mol. The van der Waals surface area contributed by atoms with Gasteiger partial charge >= 0.3 is 0 Å². The molecule has 0 aromatic rings. The van der Waals surface area contributed by atoms with Crippen LogP contribution in [-0.2, 0) is 10.2 Å². The molecule has 2 atom stereocenters. The molecule has 0 bridgehead atoms. The van der Waals surface area contributed by atoms with Crippen LogP contribution in [0.5, 0.6) is 0 Å². The Morgan fingerprint density at radius 3 is 2.65 bits per heavy atom. The summed E-state index contributed by atoms with van der Waals surface area (Å²) in [6, 6.07) is -0.452. The highest BCUT2D eigenvalue weighted by Gasteiger charge is 2.33. The first-order valence-electron chi connectivity index (χ1n) is 5.79. The molecule has 5 nitrogen and oxygen atoms in total. The summed E-state index contributed by atoms with van der Waals surface area (Å²) in [5, 5.41) is 0. The van der Waals surface area contributed by atoms with Gasteiger partial charge in [0.15, 0.2) is 0 Å². The standard InChI is InChI=1S/C10H21N3O2S2/c1-8-5-4-6-13(7-8)17(14,15)12(3)9(2)10(11)16/h8-9H,4-7H2,1-3H3,(H2,11,16). The molecular weight excluding hydrogens is 258 g/mol. The van der Waals surface area contributed by atoms with E-state index in [9.17, 15) is 8.42 Å². The van der Waals surface area contributed by atoms with Crippen LogP contribution in [-0.4, -0.2) is 48.2 Å². The lowest BCUT2D eigenvalue weighted by Gasteiger charge is -2.34. The van der Waals surface area contributed by atoms with Crippen molar-refractivity contribution in [1.29, 1.82) is 0 Å². The number of piperidine rings is 1. The van der Waals surface area contributed by atoms with Gasteiger partial charge in [-0.1, -0.05) is 19.1 Å². The van der Waals surface area contributed by atoms with Gasteiger partial charge in [0.25, 0.3) is 10.2 Å². The molecule has 1 heterocycles. The molecule has 0 aliphatic carbocycles. The molecule has 2 unspecified atom stereocenters. The molecule has 0 aromatic heterocycles. The van der Waals surface area contributed by atoms with E-state index in [1.165, 1.54) is 15.7 Å². The third-order valence-electron chi connectivity index (χ3n) is 3.27. The second kappa shape index (κ2) is 5.60. The Labute approximate surface area is 109 Å². The molecule has 1 saturated heterocycles. The van der Waals surface area contributed by atoms with Gasteiger partial charge in [0.2, 0.25) is 0 Å². The SMILES string of the molecule is CC1CCCN(S(=O)(=O)N(C)C(C)C(N)=S)C1. The first-order valence-corrected chi connectivity index (χ1v) is 7.59. The topological polar surface area (TPSA) is 66.6 Å². The largest absolute Gasteiger partial charge is 0.392 e. The molecule has 0 spiro atoms. The van der Waals surface area contributed by atoms with E-state index in [0.29, 0.717) is 19.0 Å². The molecule has 0 saturated carbocycles. The Hall–Kier alpha value is -0.240. The summed E-state index contributed by atoms with van der Waals surface area (Å²) in [5.41, 5.74) is 5.50. The van der Waals surface area contributed by atoms with Crippen molar-refractivity contribution in [2.24, 2.45) is 11.7 Å². The number of nitrogens with zero attached hydrogens (tertiary/aromatic N) is 2. The van der Waals surface area contributed by atoms with Crippen LogP contribution in [0.25, 0.3) is 0 Å². The number of hydrogen-bond donors (Lipinski definition) is 1. The summed E-state index contributed by atoms with van der Waals surface area (Å²) in [4.78, 5) is 0.195. The van der Waals surface area contributed by atoms with Gasteiger partial charge in [-0.2, -0.15) is 17.0 Å². The van der Waals surface area contributed by atoms with E-state index >= 15 is 0 Å². The molecule has 1 aliphatic heterocycles. The summed E-state index contributed by atoms with van der Waals surface area (Å²) >= 11 is 4.84. The van der Waals surface area contributed by atoms with Crippen LogP contribution in [0.1, 0.15) is 26.7 Å². The Morgan fingerprint density at radius 1 is 1.59 bits per heavy atom. The second-order valence-corrected chi connectivity index (χ2v) is 7.17. The molecule has 0 radical (unpaired) electrons. The van der Waals surface area contributed by atoms with Crippen LogP contribution >= 0.6 is 12.2 Å². The van der Waals surface area contributed by atoms with Gasteiger partial charge in [-0.15, -0.1) is 0 Å². The van der Waals surface area contributed by atoms with E-state index in [4.69, 9.17) is 18.0 Å². The minimum atomic E-state index is -3.44. The predicted octanol–water partition coefficient (Wildman–Crippen LogP) is 0.570. The maximum absolute atomic E-state index is 12.3. The third kappa shape index (κ3) is 3.37. The van der Waals surface area contributed by atoms with Crippen LogP contribution in [0.4, 0.5) is 0 Å². The third-order valence-corrected chi connectivity index (χ3v) is 5.64. The zero-order chi connectivity index (χ0) is 13.2. The lowest BCUT2D eigenvalue weighted by atomic mass is 10.0. The normalized spacial score (nSPS) is 24.8. The van der Waals surface area contributed by atoms with Gasteiger partial charge in [-0.3, -0.25) is 0 Å². The summed E-state index contributed by atoms with van der Waals surface area (Å²) in [6.45, 7) is 4.93. The van der Waals surface area contributed by atoms with Gasteiger partial charge < -0.3 is 5.73 Å². The fraction of sp³-hybridized carbons (Fsp3) is 0.900. The Morgan fingerprint density at radius 2 is 2.18 bits per heavy atom. The van der Waals surface area contributed by atoms with Crippen LogP contribution in [0, 0.1) is 5.92 Å². The summed E-state index contributed by atoms with van der Waals surface area (Å²) in [6.07, 6.45) is 2.00. The molecule has 1 fully saturated rings. The van der Waals surface area contributed by atoms with Crippen molar-refractivity contribution in [3.8, 4) is 0 Å². The molecule has 100 valence electrons. The molecule has 17 heavy (non-hydrogen) atoms. The van der Waals surface area contributed by atoms with Crippen LogP contribution < -0.4 is 5.73 Å². The quantitative estimate of drug-likeness (QED) is 0.764. The number of likely N-dealkylation sites (N-methyl/N-ethyl adjacent to an activating group) is 1. The van der Waals surface area contributed by atoms with Gasteiger partial charge in [-0.25, -0.2) is 0 Å². The van der Waals surface area contributed by atoms with E-state index in [0.717, 1.165) is 12.8 Å². The molecule has 0 aromatic carbocycles. The van der Waals surface area contributed by atoms with Crippen molar-refractivity contribution in [2.45, 2.75) is 32.7 Å². The molecule has 7 heteroatoms. The number of rotatable bonds is 4. The fourth-order valence-corrected chi connectivity index (χ4v) is 3.82. The van der Waals surface area contributed by atoms with Crippen molar-refractivity contribution >= 4 is 27.4 Å². The first kappa shape index (κ1) is 14.8. The average Bonchev–Trinajstić information content (AvgIpc) is 2.26. The second-order valence-electron chi connectivity index (χ2n) is 4.71. The Bertz CT molecular complexity index is 383. The minimum Gasteiger partial charge on any atom is -0.392 e. The Kier molecular flexibility index (Phi) is 4.88. The molecule has 1 rings (SSSR count). The van der Waals surface area contributed by atoms with Crippen molar-refractivity contribution in [3.05, 3.63) is 0 Å². The summed E-state index contributed by atoms with van der Waals surface area (Å²) in [7, 11) is -1.91. The zero-order valence-corrected chi connectivity index (χ0v) is 12.2. The number of hydrogen-bond acceptors (Lipinski definition) is 3. The van der Waals surface area contributed by atoms with Gasteiger partial charge in [0, 0.05) is 20.1 Å². The van der Waals surface area contributed by atoms with E-state index in [2.05, 4.69) is 6.92 Å². The molecule has 2 N–H and O–H groups in total. The lowest BCUT2D eigenvalue weighted by molar-refractivity contribution is 0.261. The van der Waals surface area contributed by atoms with Gasteiger partial charge in [0.1, 0.15) is 0 Å². The number of thiocarbonyl (C=S) groups is 1. The predicted molar refractivity (Wildman–Crippen MR) is 72.9 cm³/mol. The highest BCUT2D eigenvalue weighted by atomic mass is 32.2. The zero-order valence-electron chi connectivity index (χ0n) is 10.6. The highest BCUT2D eigenvalue weighted by molar-refractivity contribution is 7.87. The average molecular weight is 279 g/mol. The van der Waals surface area contributed by atoms with E-state index in [1.54, 1.807) is 6.92 Å². The van der Waals surface area contributed by atoms with Crippen molar-refractivity contribution < 1.29 is 8.42 Å². The van der Waals surface area contributed by atoms with Crippen molar-refractivity contribution in [1.82, 2.24) is 8.61 Å². The van der Waals surface area contributed by atoms with Crippen molar-refractivity contribution in [2.75, 3.05) is 20.1 Å². The minimum absolute atomic E-state index is 0.195. The van der Waals surface area contributed by atoms with Crippen molar-refractivity contribution in [3.63, 3.8) is 0 Å². The van der Waals surface area contributed by atoms with E-state index < -0.39 is 16.3 Å². The maximum atomic E-state index is 12.3. The molecule has 0 amide bonds. The molecular formula is C10H21N3O2S2. The summed E-state index contributed by atoms with van der Waals surface area (Å²) in [5.74, 6) is 0.409. The number of nitrogens with two attached hydrogens (primary N) is 1. The lowest BCUT2D eigenvalue weighted by Crippen LogP contribution is -2.51. The highest BCUT2D eigenvalue weighted by Crippen LogP contribution is 2.20. The van der Waals surface area contributed by atoms with E-state index in [1.807, 2.05) is 0 Å². The summed E-state index contributed by atoms with van der Waals surface area (Å²) < 4.78 is 27.4. The van der Waals surface area contributed by atoms with Crippen LogP contribution in [0.3, 0.4) is 0 Å². The maximum Gasteiger partial charge on any atom is 0.282 e. The Balaban J connectivity index is 2.83. The van der Waals surface area contributed by atoms with Crippen LogP contribution in [0.2, 0.25) is 0 Å². The van der Waals surface area contributed by atoms with Gasteiger partial charge in [0.05, 0.1) is 11.0 Å². The molecule has 1 aliphatic rings. The van der Waals surface area contributed by atoms with Crippen LogP contribution in [0.15, 0.2) is 0 Å². The fourth-order valence-electron chi connectivity index (χ4n) is 1.92. The van der Waals surface area contributed by atoms with Gasteiger partial charge in [-0.05, 0) is 25.7 Å².